The molecule has 0 radical (unpaired) electrons. The van der Waals surface area contributed by atoms with Crippen molar-refractivity contribution in [2.45, 2.75) is 25.3 Å². The fourth-order valence-electron chi connectivity index (χ4n) is 4.34. The molecule has 4 nitrogen and oxygen atoms in total. The van der Waals surface area contributed by atoms with Gasteiger partial charge in [0.15, 0.2) is 0 Å². The third kappa shape index (κ3) is 3.14. The third-order valence-corrected chi connectivity index (χ3v) is 5.60. The minimum absolute atomic E-state index is 0.348. The van der Waals surface area contributed by atoms with Crippen molar-refractivity contribution in [3.8, 4) is 0 Å². The Hall–Kier alpha value is -2.33. The maximum Gasteiger partial charge on any atom is 0.250 e. The lowest BCUT2D eigenvalue weighted by molar-refractivity contribution is 0.100. The smallest absolute Gasteiger partial charge is 0.250 e. The van der Waals surface area contributed by atoms with Crippen molar-refractivity contribution in [1.82, 2.24) is 4.90 Å². The highest BCUT2D eigenvalue weighted by molar-refractivity contribution is 5.98. The molecule has 1 heterocycles. The molecule has 1 saturated heterocycles. The van der Waals surface area contributed by atoms with E-state index in [2.05, 4.69) is 34.1 Å². The third-order valence-electron chi connectivity index (χ3n) is 5.60. The van der Waals surface area contributed by atoms with Crippen molar-refractivity contribution in [3.63, 3.8) is 0 Å². The SMILES string of the molecule is NC(=O)c1ccccc1N1CCN(C2CCCc3ccccc32)CC1. The number of hydrogen-bond acceptors (Lipinski definition) is 3. The molecule has 2 aromatic rings. The molecule has 1 amide bonds. The molecule has 1 aliphatic heterocycles. The van der Waals surface area contributed by atoms with Crippen LogP contribution in [0.15, 0.2) is 48.5 Å². The molecule has 2 aliphatic rings. The molecule has 130 valence electrons. The maximum atomic E-state index is 11.7. The Bertz CT molecular complexity index is 765. The van der Waals surface area contributed by atoms with Gasteiger partial charge in [0.25, 0.3) is 5.91 Å². The summed E-state index contributed by atoms with van der Waals surface area (Å²) in [6.45, 7) is 3.91. The van der Waals surface area contributed by atoms with Crippen LogP contribution >= 0.6 is 0 Å². The molecule has 0 aromatic heterocycles. The number of carbonyl (C=O) groups excluding carboxylic acids is 1. The van der Waals surface area contributed by atoms with Crippen molar-refractivity contribution in [3.05, 3.63) is 65.2 Å². The van der Waals surface area contributed by atoms with Gasteiger partial charge in [0.2, 0.25) is 0 Å². The summed E-state index contributed by atoms with van der Waals surface area (Å²) in [6.07, 6.45) is 3.72. The molecule has 4 heteroatoms. The van der Waals surface area contributed by atoms with Crippen LogP contribution < -0.4 is 10.6 Å². The lowest BCUT2D eigenvalue weighted by Gasteiger charge is -2.42. The number of fused-ring (bicyclic) bond motifs is 1. The first-order chi connectivity index (χ1) is 12.2. The Kier molecular flexibility index (Phi) is 4.45. The number of nitrogens with zero attached hydrogens (tertiary/aromatic N) is 2. The van der Waals surface area contributed by atoms with Gasteiger partial charge in [-0.1, -0.05) is 36.4 Å². The standard InChI is InChI=1S/C21H25N3O/c22-21(25)18-9-3-4-10-20(18)24-14-12-23(13-15-24)19-11-5-7-16-6-1-2-8-17(16)19/h1-4,6,8-10,19H,5,7,11-15H2,(H2,22,25). The van der Waals surface area contributed by atoms with Crippen molar-refractivity contribution >= 4 is 11.6 Å². The number of benzene rings is 2. The summed E-state index contributed by atoms with van der Waals surface area (Å²) in [6, 6.07) is 17.1. The molecule has 1 unspecified atom stereocenters. The summed E-state index contributed by atoms with van der Waals surface area (Å²) in [4.78, 5) is 16.6. The number of amides is 1. The van der Waals surface area contributed by atoms with Gasteiger partial charge in [0.1, 0.15) is 0 Å². The second-order valence-electron chi connectivity index (χ2n) is 7.01. The number of primary amides is 1. The van der Waals surface area contributed by atoms with Gasteiger partial charge in [0.05, 0.1) is 5.56 Å². The van der Waals surface area contributed by atoms with Crippen LogP contribution in [0, 0.1) is 0 Å². The number of anilines is 1. The molecule has 1 fully saturated rings. The molecular formula is C21H25N3O. The Morgan fingerprint density at radius 2 is 1.68 bits per heavy atom. The lowest BCUT2D eigenvalue weighted by Crippen LogP contribution is -2.48. The van der Waals surface area contributed by atoms with Crippen LogP contribution in [0.2, 0.25) is 0 Å². The van der Waals surface area contributed by atoms with E-state index < -0.39 is 0 Å². The Morgan fingerprint density at radius 3 is 2.48 bits per heavy atom. The van der Waals surface area contributed by atoms with Crippen LogP contribution in [0.5, 0.6) is 0 Å². The van der Waals surface area contributed by atoms with Crippen LogP contribution in [0.4, 0.5) is 5.69 Å². The molecular weight excluding hydrogens is 310 g/mol. The van der Waals surface area contributed by atoms with Crippen molar-refractivity contribution in [2.75, 3.05) is 31.1 Å². The summed E-state index contributed by atoms with van der Waals surface area (Å²) in [5.74, 6) is -0.348. The van der Waals surface area contributed by atoms with Gasteiger partial charge in [-0.3, -0.25) is 9.69 Å². The van der Waals surface area contributed by atoms with E-state index in [0.29, 0.717) is 11.6 Å². The second kappa shape index (κ2) is 6.89. The molecule has 1 aliphatic carbocycles. The number of piperazine rings is 1. The lowest BCUT2D eigenvalue weighted by atomic mass is 9.86. The van der Waals surface area contributed by atoms with Gasteiger partial charge in [-0.25, -0.2) is 0 Å². The molecule has 4 rings (SSSR count). The predicted octanol–water partition coefficient (Wildman–Crippen LogP) is 2.99. The summed E-state index contributed by atoms with van der Waals surface area (Å²) in [7, 11) is 0. The topological polar surface area (TPSA) is 49.6 Å². The average Bonchev–Trinajstić information content (AvgIpc) is 2.68. The van der Waals surface area contributed by atoms with Gasteiger partial charge in [-0.05, 0) is 42.5 Å². The van der Waals surface area contributed by atoms with Gasteiger partial charge < -0.3 is 10.6 Å². The van der Waals surface area contributed by atoms with Gasteiger partial charge in [-0.15, -0.1) is 0 Å². The first kappa shape index (κ1) is 16.2. The molecule has 1 atom stereocenters. The van der Waals surface area contributed by atoms with Crippen molar-refractivity contribution in [2.24, 2.45) is 5.73 Å². The van der Waals surface area contributed by atoms with Crippen molar-refractivity contribution < 1.29 is 4.79 Å². The van der Waals surface area contributed by atoms with Gasteiger partial charge in [-0.2, -0.15) is 0 Å². The van der Waals surface area contributed by atoms with Crippen LogP contribution in [-0.2, 0) is 6.42 Å². The van der Waals surface area contributed by atoms with E-state index in [4.69, 9.17) is 5.73 Å². The summed E-state index contributed by atoms with van der Waals surface area (Å²) in [5.41, 5.74) is 10.2. The van der Waals surface area contributed by atoms with E-state index in [0.717, 1.165) is 31.9 Å². The number of para-hydroxylation sites is 1. The number of hydrogen-bond donors (Lipinski definition) is 1. The number of carbonyl (C=O) groups is 1. The highest BCUT2D eigenvalue weighted by Crippen LogP contribution is 2.35. The summed E-state index contributed by atoms with van der Waals surface area (Å²) in [5, 5.41) is 0. The predicted molar refractivity (Wildman–Crippen MR) is 101 cm³/mol. The molecule has 2 aromatic carbocycles. The van der Waals surface area contributed by atoms with Crippen LogP contribution in [0.25, 0.3) is 0 Å². The van der Waals surface area contributed by atoms with Crippen LogP contribution in [-0.4, -0.2) is 37.0 Å². The normalized spacial score (nSPS) is 21.0. The number of rotatable bonds is 3. The Labute approximate surface area is 149 Å². The Morgan fingerprint density at radius 1 is 0.960 bits per heavy atom. The zero-order chi connectivity index (χ0) is 17.2. The zero-order valence-corrected chi connectivity index (χ0v) is 14.5. The number of nitrogens with two attached hydrogens (primary N) is 1. The van der Waals surface area contributed by atoms with E-state index in [1.165, 1.54) is 30.4 Å². The highest BCUT2D eigenvalue weighted by atomic mass is 16.1. The van der Waals surface area contributed by atoms with E-state index >= 15 is 0 Å². The average molecular weight is 335 g/mol. The molecule has 0 bridgehead atoms. The van der Waals surface area contributed by atoms with Crippen LogP contribution in [0.3, 0.4) is 0 Å². The largest absolute Gasteiger partial charge is 0.368 e. The van der Waals surface area contributed by atoms with E-state index in [9.17, 15) is 4.79 Å². The van der Waals surface area contributed by atoms with E-state index in [1.807, 2.05) is 24.3 Å². The van der Waals surface area contributed by atoms with Gasteiger partial charge in [0, 0.05) is 37.9 Å². The fourth-order valence-corrected chi connectivity index (χ4v) is 4.34. The first-order valence-corrected chi connectivity index (χ1v) is 9.19. The van der Waals surface area contributed by atoms with E-state index in [-0.39, 0.29) is 5.91 Å². The monoisotopic (exact) mass is 335 g/mol. The maximum absolute atomic E-state index is 11.7. The van der Waals surface area contributed by atoms with Crippen LogP contribution in [0.1, 0.15) is 40.4 Å². The molecule has 2 N–H and O–H groups in total. The quantitative estimate of drug-likeness (QED) is 0.938. The highest BCUT2D eigenvalue weighted by Gasteiger charge is 2.29. The van der Waals surface area contributed by atoms with Gasteiger partial charge >= 0.3 is 0 Å². The minimum atomic E-state index is -0.348. The minimum Gasteiger partial charge on any atom is -0.368 e. The summed E-state index contributed by atoms with van der Waals surface area (Å²) >= 11 is 0. The van der Waals surface area contributed by atoms with E-state index in [1.54, 1.807) is 0 Å². The first-order valence-electron chi connectivity index (χ1n) is 9.19. The molecule has 0 spiro atoms. The Balaban J connectivity index is 1.49. The fraction of sp³-hybridized carbons (Fsp3) is 0.381. The second-order valence-corrected chi connectivity index (χ2v) is 7.01. The molecule has 25 heavy (non-hydrogen) atoms. The number of aryl methyl sites for hydroxylation is 1. The van der Waals surface area contributed by atoms with Crippen molar-refractivity contribution in [1.29, 1.82) is 0 Å². The zero-order valence-electron chi connectivity index (χ0n) is 14.5. The molecule has 0 saturated carbocycles. The summed E-state index contributed by atoms with van der Waals surface area (Å²) < 4.78 is 0.